The quantitative estimate of drug-likeness (QED) is 0.815. The maximum atomic E-state index is 11.9. The van der Waals surface area contributed by atoms with Crippen LogP contribution in [0.15, 0.2) is 28.8 Å². The van der Waals surface area contributed by atoms with E-state index in [1.165, 1.54) is 18.2 Å². The summed E-state index contributed by atoms with van der Waals surface area (Å²) in [6.07, 6.45) is 0. The molecule has 2 N–H and O–H groups in total. The predicted octanol–water partition coefficient (Wildman–Crippen LogP) is 2.18. The SMILES string of the molecule is Cc1cc(NC(=O)C(=O)NC(=O)c2c(Cl)cccc2Cl)no1. The fourth-order valence-electron chi connectivity index (χ4n) is 1.54. The second-order valence-corrected chi connectivity index (χ2v) is 4.97. The Morgan fingerprint density at radius 1 is 1.14 bits per heavy atom. The highest BCUT2D eigenvalue weighted by atomic mass is 35.5. The van der Waals surface area contributed by atoms with E-state index in [-0.39, 0.29) is 21.4 Å². The lowest BCUT2D eigenvalue weighted by Crippen LogP contribution is -2.39. The average Bonchev–Trinajstić information content (AvgIpc) is 2.83. The van der Waals surface area contributed by atoms with Gasteiger partial charge in [0, 0.05) is 6.07 Å². The molecule has 0 saturated carbocycles. The van der Waals surface area contributed by atoms with Gasteiger partial charge in [0.1, 0.15) is 5.76 Å². The molecule has 0 unspecified atom stereocenters. The highest BCUT2D eigenvalue weighted by molar-refractivity contribution is 6.44. The van der Waals surface area contributed by atoms with Gasteiger partial charge in [-0.05, 0) is 19.1 Å². The zero-order valence-electron chi connectivity index (χ0n) is 11.1. The van der Waals surface area contributed by atoms with Crippen LogP contribution >= 0.6 is 23.2 Å². The number of halogens is 2. The number of benzene rings is 1. The van der Waals surface area contributed by atoms with Gasteiger partial charge >= 0.3 is 11.8 Å². The molecule has 7 nitrogen and oxygen atoms in total. The predicted molar refractivity (Wildman–Crippen MR) is 78.8 cm³/mol. The van der Waals surface area contributed by atoms with Gasteiger partial charge in [-0.3, -0.25) is 25.0 Å². The molecular formula is C13H9Cl2N3O4. The number of hydrogen-bond acceptors (Lipinski definition) is 5. The number of aromatic nitrogens is 1. The summed E-state index contributed by atoms with van der Waals surface area (Å²) in [4.78, 5) is 35.3. The van der Waals surface area contributed by atoms with Crippen LogP contribution in [0.3, 0.4) is 0 Å². The van der Waals surface area contributed by atoms with Crippen LogP contribution in [0.1, 0.15) is 16.1 Å². The van der Waals surface area contributed by atoms with Crippen molar-refractivity contribution in [3.63, 3.8) is 0 Å². The van der Waals surface area contributed by atoms with Crippen molar-refractivity contribution >= 4 is 46.7 Å². The third kappa shape index (κ3) is 3.63. The lowest BCUT2D eigenvalue weighted by molar-refractivity contribution is -0.135. The smallest absolute Gasteiger partial charge is 0.316 e. The first-order chi connectivity index (χ1) is 10.4. The molecule has 114 valence electrons. The van der Waals surface area contributed by atoms with Crippen molar-refractivity contribution < 1.29 is 18.9 Å². The van der Waals surface area contributed by atoms with Gasteiger partial charge in [0.15, 0.2) is 5.82 Å². The molecule has 2 aromatic rings. The summed E-state index contributed by atoms with van der Waals surface area (Å²) in [5.74, 6) is -2.63. The Balaban J connectivity index is 2.05. The fourth-order valence-corrected chi connectivity index (χ4v) is 2.10. The number of aryl methyl sites for hydroxylation is 1. The molecular weight excluding hydrogens is 333 g/mol. The van der Waals surface area contributed by atoms with Gasteiger partial charge in [-0.15, -0.1) is 0 Å². The third-order valence-electron chi connectivity index (χ3n) is 2.49. The van der Waals surface area contributed by atoms with Crippen molar-refractivity contribution in [2.24, 2.45) is 0 Å². The minimum absolute atomic E-state index is 0.0564. The molecule has 0 aliphatic heterocycles. The van der Waals surface area contributed by atoms with Crippen LogP contribution in [0.25, 0.3) is 0 Å². The monoisotopic (exact) mass is 341 g/mol. The summed E-state index contributed by atoms with van der Waals surface area (Å²) in [6.45, 7) is 1.62. The number of anilines is 1. The number of hydrogen-bond donors (Lipinski definition) is 2. The summed E-state index contributed by atoms with van der Waals surface area (Å²) in [7, 11) is 0. The topological polar surface area (TPSA) is 101 Å². The molecule has 9 heteroatoms. The molecule has 0 aliphatic carbocycles. The Labute approximate surface area is 134 Å². The summed E-state index contributed by atoms with van der Waals surface area (Å²) in [6, 6.07) is 5.83. The van der Waals surface area contributed by atoms with E-state index >= 15 is 0 Å². The standard InChI is InChI=1S/C13H9Cl2N3O4/c1-6-5-9(18-22-6)16-12(20)13(21)17-11(19)10-7(14)3-2-4-8(10)15/h2-5H,1H3,(H,16,18,20)(H,17,19,21). The highest BCUT2D eigenvalue weighted by Gasteiger charge is 2.22. The summed E-state index contributed by atoms with van der Waals surface area (Å²) < 4.78 is 4.73. The first kappa shape index (κ1) is 16.0. The van der Waals surface area contributed by atoms with Crippen molar-refractivity contribution in [1.29, 1.82) is 0 Å². The van der Waals surface area contributed by atoms with Crippen LogP contribution in [0.2, 0.25) is 10.0 Å². The molecule has 1 heterocycles. The van der Waals surface area contributed by atoms with Crippen molar-refractivity contribution in [3.05, 3.63) is 45.6 Å². The zero-order chi connectivity index (χ0) is 16.3. The first-order valence-electron chi connectivity index (χ1n) is 5.92. The molecule has 0 spiro atoms. The second kappa shape index (κ2) is 6.59. The molecule has 0 aliphatic rings. The molecule has 3 amide bonds. The van der Waals surface area contributed by atoms with Gasteiger partial charge in [0.2, 0.25) is 0 Å². The van der Waals surface area contributed by atoms with Gasteiger partial charge in [-0.2, -0.15) is 0 Å². The number of carbonyl (C=O) groups is 3. The minimum Gasteiger partial charge on any atom is -0.360 e. The van der Waals surface area contributed by atoms with Crippen molar-refractivity contribution in [3.8, 4) is 0 Å². The molecule has 0 radical (unpaired) electrons. The molecule has 0 fully saturated rings. The molecule has 2 rings (SSSR count). The number of amides is 3. The van der Waals surface area contributed by atoms with Gasteiger partial charge < -0.3 is 4.52 Å². The van der Waals surface area contributed by atoms with Crippen LogP contribution < -0.4 is 10.6 Å². The van der Waals surface area contributed by atoms with E-state index in [2.05, 4.69) is 10.5 Å². The first-order valence-corrected chi connectivity index (χ1v) is 6.68. The van der Waals surface area contributed by atoms with Gasteiger partial charge in [0.05, 0.1) is 15.6 Å². The average molecular weight is 342 g/mol. The second-order valence-electron chi connectivity index (χ2n) is 4.16. The van der Waals surface area contributed by atoms with Crippen LogP contribution in [-0.4, -0.2) is 22.9 Å². The number of nitrogens with zero attached hydrogens (tertiary/aromatic N) is 1. The summed E-state index contributed by atoms with van der Waals surface area (Å²) >= 11 is 11.7. The maximum Gasteiger partial charge on any atom is 0.316 e. The fraction of sp³-hybridized carbons (Fsp3) is 0.0769. The lowest BCUT2D eigenvalue weighted by Gasteiger charge is -2.06. The molecule has 1 aromatic carbocycles. The number of rotatable bonds is 2. The van der Waals surface area contributed by atoms with E-state index in [1.54, 1.807) is 13.0 Å². The van der Waals surface area contributed by atoms with Crippen LogP contribution in [0, 0.1) is 6.92 Å². The van der Waals surface area contributed by atoms with Gasteiger partial charge in [-0.1, -0.05) is 34.4 Å². The van der Waals surface area contributed by atoms with E-state index in [1.807, 2.05) is 5.32 Å². The Kier molecular flexibility index (Phi) is 4.79. The molecule has 0 bridgehead atoms. The number of carbonyl (C=O) groups excluding carboxylic acids is 3. The van der Waals surface area contributed by atoms with Crippen LogP contribution in [0.4, 0.5) is 5.82 Å². The molecule has 0 saturated heterocycles. The van der Waals surface area contributed by atoms with Gasteiger partial charge in [0.25, 0.3) is 5.91 Å². The van der Waals surface area contributed by atoms with Crippen LogP contribution in [-0.2, 0) is 9.59 Å². The Morgan fingerprint density at radius 2 is 1.77 bits per heavy atom. The normalized spacial score (nSPS) is 10.1. The van der Waals surface area contributed by atoms with Crippen molar-refractivity contribution in [1.82, 2.24) is 10.5 Å². The molecule has 0 atom stereocenters. The van der Waals surface area contributed by atoms with E-state index < -0.39 is 17.7 Å². The third-order valence-corrected chi connectivity index (χ3v) is 3.12. The Hall–Kier alpha value is -2.38. The summed E-state index contributed by atoms with van der Waals surface area (Å²) in [5, 5.41) is 7.67. The minimum atomic E-state index is -1.18. The Morgan fingerprint density at radius 3 is 2.32 bits per heavy atom. The molecule has 1 aromatic heterocycles. The van der Waals surface area contributed by atoms with E-state index in [4.69, 9.17) is 27.7 Å². The van der Waals surface area contributed by atoms with Gasteiger partial charge in [-0.25, -0.2) is 0 Å². The number of nitrogens with one attached hydrogen (secondary N) is 2. The lowest BCUT2D eigenvalue weighted by atomic mass is 10.2. The number of imide groups is 1. The highest BCUT2D eigenvalue weighted by Crippen LogP contribution is 2.23. The molecule has 22 heavy (non-hydrogen) atoms. The van der Waals surface area contributed by atoms with Crippen LogP contribution in [0.5, 0.6) is 0 Å². The summed E-state index contributed by atoms with van der Waals surface area (Å²) in [5.41, 5.74) is -0.0933. The van der Waals surface area contributed by atoms with Crippen molar-refractivity contribution in [2.75, 3.05) is 5.32 Å². The maximum absolute atomic E-state index is 11.9. The zero-order valence-corrected chi connectivity index (χ0v) is 12.7. The van der Waals surface area contributed by atoms with E-state index in [0.29, 0.717) is 5.76 Å². The Bertz CT molecular complexity index is 737. The van der Waals surface area contributed by atoms with Crippen molar-refractivity contribution in [2.45, 2.75) is 6.92 Å². The van der Waals surface area contributed by atoms with E-state index in [9.17, 15) is 14.4 Å². The largest absolute Gasteiger partial charge is 0.360 e. The van der Waals surface area contributed by atoms with E-state index in [0.717, 1.165) is 0 Å².